The molecule has 2 aliphatic rings. The number of hydrogen-bond acceptors (Lipinski definition) is 2. The van der Waals surface area contributed by atoms with Crippen LogP contribution in [0.2, 0.25) is 0 Å². The van der Waals surface area contributed by atoms with Crippen LogP contribution < -0.4 is 0 Å². The molecule has 1 saturated carbocycles. The van der Waals surface area contributed by atoms with Crippen LogP contribution in [0.25, 0.3) is 11.1 Å². The molecule has 0 saturated heterocycles. The van der Waals surface area contributed by atoms with Crippen LogP contribution in [0.3, 0.4) is 0 Å². The van der Waals surface area contributed by atoms with Crippen molar-refractivity contribution in [1.29, 1.82) is 0 Å². The summed E-state index contributed by atoms with van der Waals surface area (Å²) in [6.45, 7) is 2.06. The fourth-order valence-corrected chi connectivity index (χ4v) is 4.86. The molecular formula is C21H19BrF2O2S. The molecule has 0 aliphatic heterocycles. The quantitative estimate of drug-likeness (QED) is 0.550. The van der Waals surface area contributed by atoms with Crippen LogP contribution in [0.15, 0.2) is 51.8 Å². The van der Waals surface area contributed by atoms with Gasteiger partial charge in [0.15, 0.2) is 0 Å². The van der Waals surface area contributed by atoms with Gasteiger partial charge in [0, 0.05) is 4.47 Å². The summed E-state index contributed by atoms with van der Waals surface area (Å²) in [5.41, 5.74) is 6.08. The Morgan fingerprint density at radius 2 is 1.52 bits per heavy atom. The van der Waals surface area contributed by atoms with Gasteiger partial charge in [0.2, 0.25) is 9.84 Å². The van der Waals surface area contributed by atoms with Crippen molar-refractivity contribution in [3.05, 3.63) is 63.6 Å². The first kappa shape index (κ1) is 18.8. The molecule has 4 rings (SSSR count). The van der Waals surface area contributed by atoms with E-state index in [-0.39, 0.29) is 4.90 Å². The Morgan fingerprint density at radius 1 is 0.963 bits per heavy atom. The SMILES string of the molecule is Cc1cc(C2=C(c3ccc(S(=O)(=O)C(F)F)cc3)CC3(CC3)C2)ccc1Br. The molecule has 2 aromatic rings. The molecule has 0 radical (unpaired) electrons. The van der Waals surface area contributed by atoms with Gasteiger partial charge in [0.1, 0.15) is 0 Å². The van der Waals surface area contributed by atoms with Gasteiger partial charge in [0.05, 0.1) is 4.90 Å². The van der Waals surface area contributed by atoms with E-state index in [2.05, 4.69) is 35.0 Å². The zero-order chi connectivity index (χ0) is 19.4. The minimum atomic E-state index is -4.56. The summed E-state index contributed by atoms with van der Waals surface area (Å²) in [5, 5.41) is 0. The first-order chi connectivity index (χ1) is 12.7. The van der Waals surface area contributed by atoms with Crippen LogP contribution in [-0.4, -0.2) is 14.2 Å². The summed E-state index contributed by atoms with van der Waals surface area (Å²) in [6.07, 6.45) is 4.37. The smallest absolute Gasteiger partial charge is 0.218 e. The summed E-state index contributed by atoms with van der Waals surface area (Å²) in [4.78, 5) is -0.331. The van der Waals surface area contributed by atoms with Gasteiger partial charge in [-0.25, -0.2) is 8.42 Å². The highest BCUT2D eigenvalue weighted by molar-refractivity contribution is 9.10. The maximum atomic E-state index is 12.8. The monoisotopic (exact) mass is 452 g/mol. The number of benzene rings is 2. The number of aryl methyl sites for hydroxylation is 1. The molecular weight excluding hydrogens is 434 g/mol. The van der Waals surface area contributed by atoms with Gasteiger partial charge in [-0.3, -0.25) is 0 Å². The van der Waals surface area contributed by atoms with E-state index >= 15 is 0 Å². The Morgan fingerprint density at radius 3 is 2.04 bits per heavy atom. The standard InChI is InChI=1S/C21H19BrF2O2S/c1-13-10-15(4-7-19(13)22)18-12-21(8-9-21)11-17(18)14-2-5-16(6-3-14)27(25,26)20(23)24/h2-7,10,20H,8-9,11-12H2,1H3. The molecule has 0 amide bonds. The second-order valence-corrected chi connectivity index (χ2v) is 10.4. The Labute approximate surface area is 166 Å². The Kier molecular flexibility index (Phi) is 4.54. The summed E-state index contributed by atoms with van der Waals surface area (Å²) < 4.78 is 49.9. The lowest BCUT2D eigenvalue weighted by Gasteiger charge is -2.11. The second kappa shape index (κ2) is 6.52. The molecule has 0 heterocycles. The van der Waals surface area contributed by atoms with Gasteiger partial charge in [-0.05, 0) is 84.1 Å². The molecule has 0 unspecified atom stereocenters. The molecule has 0 bridgehead atoms. The molecule has 142 valence electrons. The lowest BCUT2D eigenvalue weighted by Crippen LogP contribution is -2.11. The van der Waals surface area contributed by atoms with Gasteiger partial charge in [-0.2, -0.15) is 8.78 Å². The van der Waals surface area contributed by atoms with Crippen molar-refractivity contribution in [3.63, 3.8) is 0 Å². The normalized spacial score (nSPS) is 18.6. The highest BCUT2D eigenvalue weighted by atomic mass is 79.9. The van der Waals surface area contributed by atoms with Crippen LogP contribution >= 0.6 is 15.9 Å². The van der Waals surface area contributed by atoms with Crippen molar-refractivity contribution >= 4 is 36.9 Å². The molecule has 6 heteroatoms. The first-order valence-electron chi connectivity index (χ1n) is 8.83. The van der Waals surface area contributed by atoms with Crippen molar-refractivity contribution in [1.82, 2.24) is 0 Å². The summed E-state index contributed by atoms with van der Waals surface area (Å²) in [7, 11) is -4.56. The minimum Gasteiger partial charge on any atom is -0.218 e. The highest BCUT2D eigenvalue weighted by Gasteiger charge is 2.48. The van der Waals surface area contributed by atoms with E-state index in [1.165, 1.54) is 41.7 Å². The molecule has 0 aromatic heterocycles. The van der Waals surface area contributed by atoms with Gasteiger partial charge < -0.3 is 0 Å². The van der Waals surface area contributed by atoms with E-state index in [1.807, 2.05) is 6.07 Å². The Hall–Kier alpha value is -1.53. The van der Waals surface area contributed by atoms with E-state index < -0.39 is 15.6 Å². The first-order valence-corrected chi connectivity index (χ1v) is 11.2. The number of alkyl halides is 2. The van der Waals surface area contributed by atoms with E-state index in [9.17, 15) is 17.2 Å². The van der Waals surface area contributed by atoms with E-state index in [1.54, 1.807) is 12.1 Å². The molecule has 2 aromatic carbocycles. The average Bonchev–Trinajstić information content (AvgIpc) is 3.28. The number of hydrogen-bond donors (Lipinski definition) is 0. The van der Waals surface area contributed by atoms with Crippen LogP contribution in [0.1, 0.15) is 42.4 Å². The molecule has 1 fully saturated rings. The lowest BCUT2D eigenvalue weighted by atomic mass is 9.96. The van der Waals surface area contributed by atoms with Crippen molar-refractivity contribution in [2.45, 2.75) is 43.3 Å². The molecule has 2 aliphatic carbocycles. The van der Waals surface area contributed by atoms with Crippen LogP contribution in [-0.2, 0) is 9.84 Å². The highest BCUT2D eigenvalue weighted by Crippen LogP contribution is 2.63. The fraction of sp³-hybridized carbons (Fsp3) is 0.333. The third-order valence-corrected chi connectivity index (χ3v) is 7.99. The molecule has 0 N–H and O–H groups in total. The average molecular weight is 453 g/mol. The number of rotatable bonds is 4. The Bertz CT molecular complexity index is 1040. The third kappa shape index (κ3) is 3.38. The van der Waals surface area contributed by atoms with Gasteiger partial charge in [0.25, 0.3) is 0 Å². The number of sulfone groups is 1. The molecule has 27 heavy (non-hydrogen) atoms. The van der Waals surface area contributed by atoms with E-state index in [0.717, 1.165) is 28.4 Å². The number of allylic oxidation sites excluding steroid dienone is 2. The molecule has 1 spiro atoms. The maximum Gasteiger partial charge on any atom is 0.341 e. The predicted molar refractivity (Wildman–Crippen MR) is 106 cm³/mol. The second-order valence-electron chi connectivity index (χ2n) is 7.60. The van der Waals surface area contributed by atoms with Crippen molar-refractivity contribution in [2.75, 3.05) is 0 Å². The van der Waals surface area contributed by atoms with E-state index in [0.29, 0.717) is 5.41 Å². The van der Waals surface area contributed by atoms with Crippen LogP contribution in [0.5, 0.6) is 0 Å². The molecule has 2 nitrogen and oxygen atoms in total. The summed E-state index contributed by atoms with van der Waals surface area (Å²) in [6, 6.07) is 12.2. The fourth-order valence-electron chi connectivity index (χ4n) is 3.89. The largest absolute Gasteiger partial charge is 0.341 e. The Balaban J connectivity index is 1.76. The minimum absolute atomic E-state index is 0.331. The van der Waals surface area contributed by atoms with Crippen LogP contribution in [0.4, 0.5) is 8.78 Å². The number of halogens is 3. The summed E-state index contributed by atoms with van der Waals surface area (Å²) >= 11 is 3.54. The van der Waals surface area contributed by atoms with Crippen molar-refractivity contribution in [2.24, 2.45) is 5.41 Å². The zero-order valence-electron chi connectivity index (χ0n) is 14.8. The van der Waals surface area contributed by atoms with Crippen LogP contribution in [0, 0.1) is 12.3 Å². The van der Waals surface area contributed by atoms with E-state index in [4.69, 9.17) is 0 Å². The predicted octanol–water partition coefficient (Wildman–Crippen LogP) is 6.24. The van der Waals surface area contributed by atoms with Gasteiger partial charge in [-0.15, -0.1) is 0 Å². The van der Waals surface area contributed by atoms with Gasteiger partial charge >= 0.3 is 5.76 Å². The summed E-state index contributed by atoms with van der Waals surface area (Å²) in [5.74, 6) is -3.40. The maximum absolute atomic E-state index is 12.8. The topological polar surface area (TPSA) is 34.1 Å². The lowest BCUT2D eigenvalue weighted by molar-refractivity contribution is 0.234. The van der Waals surface area contributed by atoms with Crippen molar-refractivity contribution in [3.8, 4) is 0 Å². The third-order valence-electron chi connectivity index (χ3n) is 5.70. The van der Waals surface area contributed by atoms with Crippen molar-refractivity contribution < 1.29 is 17.2 Å². The zero-order valence-corrected chi connectivity index (χ0v) is 17.2. The molecule has 0 atom stereocenters. The van der Waals surface area contributed by atoms with Gasteiger partial charge in [-0.1, -0.05) is 40.2 Å².